The molecule has 0 aliphatic carbocycles. The molecule has 11 heteroatoms. The first-order valence-electron chi connectivity index (χ1n) is 11.3. The Labute approximate surface area is 206 Å². The van der Waals surface area contributed by atoms with Gasteiger partial charge in [0, 0.05) is 32.7 Å². The smallest absolute Gasteiger partial charge is 0.279 e. The quantitative estimate of drug-likeness (QED) is 0.278. The minimum atomic E-state index is -3.87. The van der Waals surface area contributed by atoms with Gasteiger partial charge in [0.25, 0.3) is 10.2 Å². The van der Waals surface area contributed by atoms with Crippen molar-refractivity contribution in [3.05, 3.63) is 71.3 Å². The van der Waals surface area contributed by atoms with Crippen molar-refractivity contribution >= 4 is 27.9 Å². The fourth-order valence-electron chi connectivity index (χ4n) is 3.93. The van der Waals surface area contributed by atoms with Gasteiger partial charge in [0.2, 0.25) is 11.8 Å². The van der Waals surface area contributed by atoms with Crippen LogP contribution in [0.15, 0.2) is 54.6 Å². The third-order valence-corrected chi connectivity index (χ3v) is 7.47. The highest BCUT2D eigenvalue weighted by atomic mass is 32.2. The number of nitrogen functional groups attached to an aromatic ring is 1. The molecule has 3 rings (SSSR count). The van der Waals surface area contributed by atoms with Crippen molar-refractivity contribution in [3.63, 3.8) is 0 Å². The highest BCUT2D eigenvalue weighted by Crippen LogP contribution is 2.20. The zero-order chi connectivity index (χ0) is 25.6. The lowest BCUT2D eigenvalue weighted by Crippen LogP contribution is -2.55. The minimum absolute atomic E-state index is 0.0318. The molecular weight excluding hydrogens is 468 g/mol. The van der Waals surface area contributed by atoms with Crippen molar-refractivity contribution in [1.82, 2.24) is 19.2 Å². The summed E-state index contributed by atoms with van der Waals surface area (Å²) in [6.45, 7) is 0.634. The molecule has 2 atom stereocenters. The van der Waals surface area contributed by atoms with Crippen LogP contribution in [0.4, 0.5) is 0 Å². The molecule has 1 saturated heterocycles. The summed E-state index contributed by atoms with van der Waals surface area (Å²) in [7, 11) is -1.09. The lowest BCUT2D eigenvalue weighted by molar-refractivity contribution is -0.139. The highest BCUT2D eigenvalue weighted by molar-refractivity contribution is 7.87. The maximum Gasteiger partial charge on any atom is 0.279 e. The largest absolute Gasteiger partial charge is 0.384 e. The Balaban J connectivity index is 1.72. The molecule has 1 fully saturated rings. The second-order valence-corrected chi connectivity index (χ2v) is 10.6. The molecule has 0 bridgehead atoms. The molecule has 0 aromatic heterocycles. The molecule has 1 heterocycles. The van der Waals surface area contributed by atoms with Gasteiger partial charge >= 0.3 is 0 Å². The number of amidine groups is 1. The summed E-state index contributed by atoms with van der Waals surface area (Å²) in [4.78, 5) is 28.0. The highest BCUT2D eigenvalue weighted by Gasteiger charge is 2.38. The van der Waals surface area contributed by atoms with Gasteiger partial charge in [0.05, 0.1) is 0 Å². The van der Waals surface area contributed by atoms with Gasteiger partial charge in [-0.3, -0.25) is 15.0 Å². The number of likely N-dealkylation sites (tertiary alicyclic amines) is 1. The van der Waals surface area contributed by atoms with Crippen LogP contribution in [0, 0.1) is 5.41 Å². The van der Waals surface area contributed by atoms with Crippen molar-refractivity contribution in [2.75, 3.05) is 20.6 Å². The number of carbonyl (C=O) groups excluding carboxylic acids is 2. The molecule has 2 aromatic rings. The van der Waals surface area contributed by atoms with E-state index in [1.165, 1.54) is 19.0 Å². The average Bonchev–Trinajstić information content (AvgIpc) is 3.32. The van der Waals surface area contributed by atoms with E-state index < -0.39 is 28.2 Å². The van der Waals surface area contributed by atoms with Gasteiger partial charge in [0.15, 0.2) is 0 Å². The maximum atomic E-state index is 13.5. The number of benzene rings is 2. The summed E-state index contributed by atoms with van der Waals surface area (Å²) < 4.78 is 28.6. The van der Waals surface area contributed by atoms with E-state index in [9.17, 15) is 18.0 Å². The number of hydrogen-bond donors (Lipinski definition) is 4. The average molecular weight is 501 g/mol. The Kier molecular flexibility index (Phi) is 8.60. The Morgan fingerprint density at radius 2 is 1.77 bits per heavy atom. The summed E-state index contributed by atoms with van der Waals surface area (Å²) in [5.41, 5.74) is 7.71. The van der Waals surface area contributed by atoms with E-state index in [0.717, 1.165) is 15.4 Å². The van der Waals surface area contributed by atoms with E-state index in [-0.39, 0.29) is 24.7 Å². The van der Waals surface area contributed by atoms with Crippen molar-refractivity contribution in [3.8, 4) is 0 Å². The van der Waals surface area contributed by atoms with Crippen LogP contribution >= 0.6 is 0 Å². The van der Waals surface area contributed by atoms with Crippen LogP contribution in [0.25, 0.3) is 0 Å². The number of nitrogens with two attached hydrogens (primary N) is 1. The van der Waals surface area contributed by atoms with Crippen LogP contribution < -0.4 is 15.8 Å². The first-order valence-corrected chi connectivity index (χ1v) is 12.8. The van der Waals surface area contributed by atoms with Crippen LogP contribution in [0.1, 0.15) is 29.5 Å². The number of hydrogen-bond acceptors (Lipinski definition) is 5. The van der Waals surface area contributed by atoms with Gasteiger partial charge in [-0.15, -0.1) is 0 Å². The van der Waals surface area contributed by atoms with Crippen LogP contribution in [0.5, 0.6) is 0 Å². The zero-order valence-electron chi connectivity index (χ0n) is 19.9. The predicted molar refractivity (Wildman–Crippen MR) is 134 cm³/mol. The second-order valence-electron chi connectivity index (χ2n) is 8.67. The SMILES string of the molecule is CN(C)S(=O)(=O)N[C@H](Cc1ccccc1)C(=O)N1CCC[C@H]1C(=O)NCc1ccc(C(=N)N)cc1. The normalized spacial score (nSPS) is 16.8. The van der Waals surface area contributed by atoms with E-state index in [2.05, 4.69) is 10.0 Å². The molecule has 2 aromatic carbocycles. The predicted octanol–water partition coefficient (Wildman–Crippen LogP) is 0.585. The Bertz CT molecular complexity index is 1150. The van der Waals surface area contributed by atoms with E-state index in [1.807, 2.05) is 30.3 Å². The second kappa shape index (κ2) is 11.4. The number of rotatable bonds is 10. The van der Waals surface area contributed by atoms with E-state index in [0.29, 0.717) is 24.9 Å². The summed E-state index contributed by atoms with van der Waals surface area (Å²) in [5, 5.41) is 10.3. The van der Waals surface area contributed by atoms with E-state index >= 15 is 0 Å². The molecule has 0 radical (unpaired) electrons. The summed E-state index contributed by atoms with van der Waals surface area (Å²) in [5.74, 6) is -0.751. The molecule has 0 unspecified atom stereocenters. The molecule has 2 amide bonds. The fourth-order valence-corrected chi connectivity index (χ4v) is 4.68. The van der Waals surface area contributed by atoms with Crippen molar-refractivity contribution in [2.24, 2.45) is 5.73 Å². The van der Waals surface area contributed by atoms with Crippen molar-refractivity contribution < 1.29 is 18.0 Å². The van der Waals surface area contributed by atoms with Gasteiger partial charge in [-0.25, -0.2) is 0 Å². The number of nitrogens with one attached hydrogen (secondary N) is 3. The molecule has 10 nitrogen and oxygen atoms in total. The molecule has 188 valence electrons. The summed E-state index contributed by atoms with van der Waals surface area (Å²) in [6.07, 6.45) is 1.31. The van der Waals surface area contributed by atoms with Crippen LogP contribution in [0.2, 0.25) is 0 Å². The lowest BCUT2D eigenvalue weighted by Gasteiger charge is -2.29. The monoisotopic (exact) mass is 500 g/mol. The topological polar surface area (TPSA) is 149 Å². The maximum absolute atomic E-state index is 13.5. The molecule has 0 spiro atoms. The van der Waals surface area contributed by atoms with Gasteiger partial charge in [0.1, 0.15) is 17.9 Å². The first kappa shape index (κ1) is 26.3. The zero-order valence-corrected chi connectivity index (χ0v) is 20.7. The van der Waals surface area contributed by atoms with Crippen molar-refractivity contribution in [2.45, 2.75) is 37.9 Å². The molecule has 1 aliphatic heterocycles. The van der Waals surface area contributed by atoms with Gasteiger partial charge in [-0.05, 0) is 30.4 Å². The standard InChI is InChI=1S/C24H32N6O4S/c1-29(2)35(33,34)28-20(15-17-7-4-3-5-8-17)24(32)30-14-6-9-21(30)23(31)27-16-18-10-12-19(13-11-18)22(25)26/h3-5,7-8,10-13,20-21,28H,6,9,14-16H2,1-2H3,(H3,25,26)(H,27,31)/t20-,21+/m1/s1. The fraction of sp³-hybridized carbons (Fsp3) is 0.375. The molecular formula is C24H32N6O4S. The Morgan fingerprint density at radius 1 is 1.11 bits per heavy atom. The minimum Gasteiger partial charge on any atom is -0.384 e. The van der Waals surface area contributed by atoms with Crippen molar-refractivity contribution in [1.29, 1.82) is 5.41 Å². The lowest BCUT2D eigenvalue weighted by atomic mass is 10.0. The van der Waals surface area contributed by atoms with Crippen LogP contribution in [-0.4, -0.2) is 68.0 Å². The number of carbonyl (C=O) groups is 2. The van der Waals surface area contributed by atoms with E-state index in [4.69, 9.17) is 11.1 Å². The summed E-state index contributed by atoms with van der Waals surface area (Å²) in [6, 6.07) is 14.4. The van der Waals surface area contributed by atoms with Crippen LogP contribution in [-0.2, 0) is 32.8 Å². The molecule has 0 saturated carbocycles. The Hall–Kier alpha value is -3.28. The van der Waals surface area contributed by atoms with Crippen LogP contribution in [0.3, 0.4) is 0 Å². The molecule has 5 N–H and O–H groups in total. The van der Waals surface area contributed by atoms with E-state index in [1.54, 1.807) is 24.3 Å². The third-order valence-electron chi connectivity index (χ3n) is 5.92. The van der Waals surface area contributed by atoms with Gasteiger partial charge in [-0.2, -0.15) is 17.4 Å². The number of amides is 2. The summed E-state index contributed by atoms with van der Waals surface area (Å²) >= 11 is 0. The van der Waals surface area contributed by atoms with Gasteiger partial charge < -0.3 is 16.0 Å². The third kappa shape index (κ3) is 6.87. The first-order chi connectivity index (χ1) is 16.6. The molecule has 1 aliphatic rings. The Morgan fingerprint density at radius 3 is 2.37 bits per heavy atom. The molecule has 35 heavy (non-hydrogen) atoms. The number of nitrogens with zero attached hydrogens (tertiary/aromatic N) is 2. The van der Waals surface area contributed by atoms with Gasteiger partial charge in [-0.1, -0.05) is 54.6 Å².